The molecule has 0 saturated carbocycles. The van der Waals surface area contributed by atoms with Crippen LogP contribution in [0.4, 0.5) is 16.3 Å². The van der Waals surface area contributed by atoms with E-state index in [0.29, 0.717) is 6.54 Å². The highest BCUT2D eigenvalue weighted by Gasteiger charge is 2.24. The van der Waals surface area contributed by atoms with Crippen LogP contribution in [-0.4, -0.2) is 51.9 Å². The van der Waals surface area contributed by atoms with Gasteiger partial charge in [0.15, 0.2) is 0 Å². The zero-order valence-corrected chi connectivity index (χ0v) is 13.6. The molecule has 1 amide bonds. The topological polar surface area (TPSA) is 103 Å². The zero-order chi connectivity index (χ0) is 16.9. The summed E-state index contributed by atoms with van der Waals surface area (Å²) in [6, 6.07) is 0. The third kappa shape index (κ3) is 6.08. The number of amides is 1. The van der Waals surface area contributed by atoms with Crippen molar-refractivity contribution in [3.8, 4) is 0 Å². The Kier molecular flexibility index (Phi) is 5.86. The summed E-state index contributed by atoms with van der Waals surface area (Å²) >= 11 is 0. The molecule has 0 unspecified atom stereocenters. The van der Waals surface area contributed by atoms with Crippen molar-refractivity contribution >= 4 is 17.6 Å². The van der Waals surface area contributed by atoms with Crippen molar-refractivity contribution in [2.75, 3.05) is 26.0 Å². The molecule has 0 saturated heterocycles. The Hall–Kier alpha value is -2.16. The van der Waals surface area contributed by atoms with E-state index in [1.54, 1.807) is 20.8 Å². The van der Waals surface area contributed by atoms with Crippen LogP contribution in [0.5, 0.6) is 0 Å². The van der Waals surface area contributed by atoms with Gasteiger partial charge in [0.05, 0.1) is 4.92 Å². The number of ether oxygens (including phenoxy) is 1. The summed E-state index contributed by atoms with van der Waals surface area (Å²) in [4.78, 5) is 24.2. The Morgan fingerprint density at radius 3 is 2.64 bits per heavy atom. The second-order valence-corrected chi connectivity index (χ2v) is 6.17. The van der Waals surface area contributed by atoms with Crippen molar-refractivity contribution in [3.05, 3.63) is 16.3 Å². The van der Waals surface area contributed by atoms with Crippen LogP contribution in [-0.2, 0) is 11.3 Å². The summed E-state index contributed by atoms with van der Waals surface area (Å²) in [7, 11) is 3.89. The minimum atomic E-state index is -0.769. The lowest BCUT2D eigenvalue weighted by molar-refractivity contribution is -0.384. The number of nitrogens with one attached hydrogen (secondary N) is 1. The van der Waals surface area contributed by atoms with Crippen molar-refractivity contribution < 1.29 is 14.5 Å². The number of hydrogen-bond acceptors (Lipinski definition) is 6. The van der Waals surface area contributed by atoms with E-state index >= 15 is 0 Å². The third-order valence-corrected chi connectivity index (χ3v) is 2.55. The van der Waals surface area contributed by atoms with Gasteiger partial charge in [0, 0.05) is 6.54 Å². The number of aryl methyl sites for hydroxylation is 1. The van der Waals surface area contributed by atoms with Crippen LogP contribution < -0.4 is 5.32 Å². The maximum absolute atomic E-state index is 11.7. The van der Waals surface area contributed by atoms with Crippen molar-refractivity contribution in [1.82, 2.24) is 14.7 Å². The molecular formula is C13H23N5O4. The number of aromatic nitrogens is 2. The van der Waals surface area contributed by atoms with Crippen molar-refractivity contribution in [2.45, 2.75) is 39.3 Å². The fourth-order valence-corrected chi connectivity index (χ4v) is 1.70. The summed E-state index contributed by atoms with van der Waals surface area (Å²) in [5.41, 5.74) is -0.941. The minimum Gasteiger partial charge on any atom is -0.444 e. The van der Waals surface area contributed by atoms with Gasteiger partial charge in [-0.1, -0.05) is 0 Å². The Bertz CT molecular complexity index is 533. The largest absolute Gasteiger partial charge is 0.444 e. The Balaban J connectivity index is 2.78. The molecule has 0 fully saturated rings. The van der Waals surface area contributed by atoms with Gasteiger partial charge in [0.2, 0.25) is 5.82 Å². The second kappa shape index (κ2) is 7.21. The molecule has 1 aromatic rings. The first-order valence-electron chi connectivity index (χ1n) is 6.95. The first kappa shape index (κ1) is 17.9. The molecule has 0 bridgehead atoms. The SMILES string of the molecule is CN(C)CCCn1cc([N+](=O)[O-])c(NC(=O)OC(C)(C)C)n1. The number of rotatable bonds is 6. The lowest BCUT2D eigenvalue weighted by Crippen LogP contribution is -2.27. The average molecular weight is 313 g/mol. The molecule has 0 spiro atoms. The minimum absolute atomic E-state index is 0.107. The number of carbonyl (C=O) groups excluding carboxylic acids is 1. The average Bonchev–Trinajstić information content (AvgIpc) is 2.69. The number of anilines is 1. The molecule has 9 heteroatoms. The van der Waals surface area contributed by atoms with Crippen molar-refractivity contribution in [2.24, 2.45) is 0 Å². The van der Waals surface area contributed by atoms with E-state index in [9.17, 15) is 14.9 Å². The molecule has 9 nitrogen and oxygen atoms in total. The summed E-state index contributed by atoms with van der Waals surface area (Å²) in [5.74, 6) is -0.107. The molecule has 0 aliphatic heterocycles. The third-order valence-electron chi connectivity index (χ3n) is 2.55. The highest BCUT2D eigenvalue weighted by molar-refractivity contribution is 5.86. The van der Waals surface area contributed by atoms with Crippen LogP contribution in [0.25, 0.3) is 0 Å². The number of hydrogen-bond donors (Lipinski definition) is 1. The zero-order valence-electron chi connectivity index (χ0n) is 13.6. The van der Waals surface area contributed by atoms with Crippen LogP contribution in [0.15, 0.2) is 6.20 Å². The fraction of sp³-hybridized carbons (Fsp3) is 0.692. The highest BCUT2D eigenvalue weighted by atomic mass is 16.6. The molecule has 1 aromatic heterocycles. The molecule has 0 atom stereocenters. The van der Waals surface area contributed by atoms with E-state index in [0.717, 1.165) is 13.0 Å². The van der Waals surface area contributed by atoms with Crippen LogP contribution >= 0.6 is 0 Å². The predicted octanol–water partition coefficient (Wildman–Crippen LogP) is 2.09. The van der Waals surface area contributed by atoms with Gasteiger partial charge < -0.3 is 9.64 Å². The summed E-state index contributed by atoms with van der Waals surface area (Å²) in [6.45, 7) is 6.49. The number of carbonyl (C=O) groups is 1. The summed E-state index contributed by atoms with van der Waals surface area (Å²) in [6.07, 6.45) is 1.33. The number of nitro groups is 1. The van der Waals surface area contributed by atoms with Gasteiger partial charge in [-0.3, -0.25) is 20.1 Å². The van der Waals surface area contributed by atoms with Crippen molar-refractivity contribution in [1.29, 1.82) is 0 Å². The van der Waals surface area contributed by atoms with Gasteiger partial charge in [-0.05, 0) is 47.8 Å². The second-order valence-electron chi connectivity index (χ2n) is 6.17. The molecule has 1 rings (SSSR count). The van der Waals surface area contributed by atoms with E-state index in [2.05, 4.69) is 10.4 Å². The predicted molar refractivity (Wildman–Crippen MR) is 81.9 cm³/mol. The van der Waals surface area contributed by atoms with E-state index in [-0.39, 0.29) is 11.5 Å². The van der Waals surface area contributed by atoms with Crippen LogP contribution in [0.2, 0.25) is 0 Å². The van der Waals surface area contributed by atoms with E-state index in [1.165, 1.54) is 10.9 Å². The lowest BCUT2D eigenvalue weighted by atomic mass is 10.2. The molecule has 0 aliphatic rings. The number of nitrogens with zero attached hydrogens (tertiary/aromatic N) is 4. The first-order chi connectivity index (χ1) is 10.1. The van der Waals surface area contributed by atoms with Crippen molar-refractivity contribution in [3.63, 3.8) is 0 Å². The first-order valence-corrected chi connectivity index (χ1v) is 6.95. The molecular weight excluding hydrogens is 290 g/mol. The van der Waals surface area contributed by atoms with Gasteiger partial charge in [0.25, 0.3) is 0 Å². The molecule has 22 heavy (non-hydrogen) atoms. The Morgan fingerprint density at radius 1 is 1.50 bits per heavy atom. The normalized spacial score (nSPS) is 11.5. The van der Waals surface area contributed by atoms with Crippen LogP contribution in [0, 0.1) is 10.1 Å². The van der Waals surface area contributed by atoms with Gasteiger partial charge in [0.1, 0.15) is 11.8 Å². The fourth-order valence-electron chi connectivity index (χ4n) is 1.70. The molecule has 0 radical (unpaired) electrons. The maximum Gasteiger partial charge on any atom is 0.413 e. The lowest BCUT2D eigenvalue weighted by Gasteiger charge is -2.18. The molecule has 124 valence electrons. The highest BCUT2D eigenvalue weighted by Crippen LogP contribution is 2.23. The van der Waals surface area contributed by atoms with Gasteiger partial charge in [-0.15, -0.1) is 5.10 Å². The maximum atomic E-state index is 11.7. The van der Waals surface area contributed by atoms with E-state index in [1.807, 2.05) is 19.0 Å². The summed E-state index contributed by atoms with van der Waals surface area (Å²) in [5, 5.41) is 17.4. The van der Waals surface area contributed by atoms with Crippen LogP contribution in [0.3, 0.4) is 0 Å². The van der Waals surface area contributed by atoms with E-state index in [4.69, 9.17) is 4.74 Å². The summed E-state index contributed by atoms with van der Waals surface area (Å²) < 4.78 is 6.52. The molecule has 1 heterocycles. The van der Waals surface area contributed by atoms with Gasteiger partial charge >= 0.3 is 11.8 Å². The smallest absolute Gasteiger partial charge is 0.413 e. The molecule has 0 aromatic carbocycles. The Morgan fingerprint density at radius 2 is 2.14 bits per heavy atom. The Labute approximate surface area is 129 Å². The van der Waals surface area contributed by atoms with E-state index < -0.39 is 16.6 Å². The molecule has 0 aliphatic carbocycles. The van der Waals surface area contributed by atoms with Gasteiger partial charge in [-0.2, -0.15) is 0 Å². The molecule has 1 N–H and O–H groups in total. The van der Waals surface area contributed by atoms with Gasteiger partial charge in [-0.25, -0.2) is 4.79 Å². The standard InChI is InChI=1S/C13H23N5O4/c1-13(2,3)22-12(19)14-11-10(18(20)21)9-17(15-11)8-6-7-16(4)5/h9H,6-8H2,1-5H3,(H,14,15,19). The monoisotopic (exact) mass is 313 g/mol. The quantitative estimate of drug-likeness (QED) is 0.637. The van der Waals surface area contributed by atoms with Crippen LogP contribution in [0.1, 0.15) is 27.2 Å².